The third-order valence-electron chi connectivity index (χ3n) is 3.33. The van der Waals surface area contributed by atoms with E-state index in [9.17, 15) is 0 Å². The lowest BCUT2D eigenvalue weighted by Crippen LogP contribution is -2.22. The van der Waals surface area contributed by atoms with Crippen LogP contribution in [0.5, 0.6) is 0 Å². The van der Waals surface area contributed by atoms with Crippen molar-refractivity contribution in [3.63, 3.8) is 0 Å². The average Bonchev–Trinajstić information content (AvgIpc) is 2.90. The number of aryl methyl sites for hydroxylation is 1. The Morgan fingerprint density at radius 3 is 2.67 bits per heavy atom. The van der Waals surface area contributed by atoms with Gasteiger partial charge < -0.3 is 16.0 Å². The molecule has 0 saturated heterocycles. The number of rotatable bonds is 3. The standard InChI is InChI=1S/C17H18N4/c1-12-6-8-14(9-7-12)21-17(18)19-11-15-10-13-4-2-3-5-16(13)20-15/h2-10,20H,11H2,1H3,(H3,18,19,21). The van der Waals surface area contributed by atoms with Gasteiger partial charge in [0, 0.05) is 16.9 Å². The second-order valence-corrected chi connectivity index (χ2v) is 5.07. The van der Waals surface area contributed by atoms with Gasteiger partial charge in [-0.3, -0.25) is 0 Å². The molecular weight excluding hydrogens is 260 g/mol. The monoisotopic (exact) mass is 278 g/mol. The zero-order valence-electron chi connectivity index (χ0n) is 11.9. The van der Waals surface area contributed by atoms with E-state index in [-0.39, 0.29) is 0 Å². The fraction of sp³-hybridized carbons (Fsp3) is 0.118. The minimum absolute atomic E-state index is 0.414. The molecule has 0 saturated carbocycles. The zero-order valence-corrected chi connectivity index (χ0v) is 11.9. The fourth-order valence-corrected chi connectivity index (χ4v) is 2.21. The maximum absolute atomic E-state index is 5.91. The Morgan fingerprint density at radius 1 is 1.14 bits per heavy atom. The van der Waals surface area contributed by atoms with Crippen molar-refractivity contribution >= 4 is 22.5 Å². The predicted octanol–water partition coefficient (Wildman–Crippen LogP) is 3.40. The van der Waals surface area contributed by atoms with Crippen molar-refractivity contribution in [3.05, 3.63) is 65.9 Å². The minimum Gasteiger partial charge on any atom is -0.370 e. The molecule has 0 atom stereocenters. The van der Waals surface area contributed by atoms with Crippen molar-refractivity contribution in [2.24, 2.45) is 10.7 Å². The third kappa shape index (κ3) is 3.23. The first-order chi connectivity index (χ1) is 10.2. The molecule has 3 aromatic rings. The summed E-state index contributed by atoms with van der Waals surface area (Å²) in [5, 5.41) is 4.27. The molecule has 4 heteroatoms. The summed E-state index contributed by atoms with van der Waals surface area (Å²) in [5.41, 5.74) is 10.2. The molecule has 4 N–H and O–H groups in total. The summed E-state index contributed by atoms with van der Waals surface area (Å²) in [5.74, 6) is 0.414. The number of aromatic amines is 1. The Bertz CT molecular complexity index is 736. The largest absolute Gasteiger partial charge is 0.370 e. The molecule has 106 valence electrons. The predicted molar refractivity (Wildman–Crippen MR) is 88.4 cm³/mol. The number of fused-ring (bicyclic) bond motifs is 1. The normalized spacial score (nSPS) is 11.8. The highest BCUT2D eigenvalue weighted by molar-refractivity contribution is 5.92. The second kappa shape index (κ2) is 5.71. The van der Waals surface area contributed by atoms with E-state index in [1.807, 2.05) is 36.4 Å². The molecule has 0 aliphatic heterocycles. The number of benzene rings is 2. The van der Waals surface area contributed by atoms with Crippen LogP contribution in [-0.2, 0) is 6.54 Å². The number of aliphatic imine (C=N–C) groups is 1. The van der Waals surface area contributed by atoms with Gasteiger partial charge in [-0.15, -0.1) is 0 Å². The van der Waals surface area contributed by atoms with E-state index in [2.05, 4.69) is 40.4 Å². The van der Waals surface area contributed by atoms with Gasteiger partial charge in [-0.05, 0) is 36.6 Å². The highest BCUT2D eigenvalue weighted by Gasteiger charge is 2.00. The van der Waals surface area contributed by atoms with Crippen molar-refractivity contribution in [3.8, 4) is 0 Å². The lowest BCUT2D eigenvalue weighted by molar-refractivity contribution is 1.01. The molecule has 21 heavy (non-hydrogen) atoms. The lowest BCUT2D eigenvalue weighted by atomic mass is 10.2. The number of nitrogens with zero attached hydrogens (tertiary/aromatic N) is 1. The highest BCUT2D eigenvalue weighted by atomic mass is 15.1. The van der Waals surface area contributed by atoms with Gasteiger partial charge in [-0.1, -0.05) is 35.9 Å². The van der Waals surface area contributed by atoms with Crippen LogP contribution in [-0.4, -0.2) is 10.9 Å². The molecule has 4 nitrogen and oxygen atoms in total. The molecule has 0 radical (unpaired) electrons. The molecule has 0 unspecified atom stereocenters. The quantitative estimate of drug-likeness (QED) is 0.508. The Balaban J connectivity index is 1.68. The minimum atomic E-state index is 0.414. The van der Waals surface area contributed by atoms with Crippen molar-refractivity contribution in [2.75, 3.05) is 5.32 Å². The summed E-state index contributed by atoms with van der Waals surface area (Å²) in [6.45, 7) is 2.58. The Hall–Kier alpha value is -2.75. The molecule has 1 heterocycles. The van der Waals surface area contributed by atoms with Crippen LogP contribution in [0.1, 0.15) is 11.3 Å². The molecule has 0 amide bonds. The van der Waals surface area contributed by atoms with E-state index in [0.717, 1.165) is 16.9 Å². The van der Waals surface area contributed by atoms with Crippen molar-refractivity contribution in [1.29, 1.82) is 0 Å². The molecule has 0 spiro atoms. The van der Waals surface area contributed by atoms with Gasteiger partial charge in [0.2, 0.25) is 0 Å². The van der Waals surface area contributed by atoms with Crippen LogP contribution in [0.3, 0.4) is 0 Å². The average molecular weight is 278 g/mol. The summed E-state index contributed by atoms with van der Waals surface area (Å²) >= 11 is 0. The van der Waals surface area contributed by atoms with E-state index in [0.29, 0.717) is 12.5 Å². The van der Waals surface area contributed by atoms with Crippen LogP contribution < -0.4 is 11.1 Å². The number of H-pyrrole nitrogens is 1. The number of nitrogens with two attached hydrogens (primary N) is 1. The van der Waals surface area contributed by atoms with Crippen LogP contribution in [0.2, 0.25) is 0 Å². The number of hydrogen-bond acceptors (Lipinski definition) is 1. The Morgan fingerprint density at radius 2 is 1.90 bits per heavy atom. The zero-order chi connectivity index (χ0) is 14.7. The smallest absolute Gasteiger partial charge is 0.193 e. The van der Waals surface area contributed by atoms with Crippen LogP contribution in [0, 0.1) is 6.92 Å². The van der Waals surface area contributed by atoms with Gasteiger partial charge in [0.05, 0.1) is 6.54 Å². The topological polar surface area (TPSA) is 66.2 Å². The van der Waals surface area contributed by atoms with Gasteiger partial charge in [-0.2, -0.15) is 0 Å². The van der Waals surface area contributed by atoms with E-state index in [1.165, 1.54) is 10.9 Å². The first-order valence-corrected chi connectivity index (χ1v) is 6.91. The molecule has 0 bridgehead atoms. The van der Waals surface area contributed by atoms with Crippen molar-refractivity contribution in [1.82, 2.24) is 4.98 Å². The number of nitrogens with one attached hydrogen (secondary N) is 2. The van der Waals surface area contributed by atoms with Crippen LogP contribution >= 0.6 is 0 Å². The van der Waals surface area contributed by atoms with Gasteiger partial charge in [-0.25, -0.2) is 4.99 Å². The fourth-order valence-electron chi connectivity index (χ4n) is 2.21. The summed E-state index contributed by atoms with van der Waals surface area (Å²) < 4.78 is 0. The maximum Gasteiger partial charge on any atom is 0.193 e. The Labute approximate surface area is 123 Å². The second-order valence-electron chi connectivity index (χ2n) is 5.07. The number of aromatic nitrogens is 1. The van der Waals surface area contributed by atoms with Crippen LogP contribution in [0.4, 0.5) is 5.69 Å². The first kappa shape index (κ1) is 13.2. The van der Waals surface area contributed by atoms with Crippen molar-refractivity contribution in [2.45, 2.75) is 13.5 Å². The molecule has 0 fully saturated rings. The summed E-state index contributed by atoms with van der Waals surface area (Å²) in [7, 11) is 0. The van der Waals surface area contributed by atoms with Gasteiger partial charge >= 0.3 is 0 Å². The molecule has 0 aliphatic carbocycles. The number of guanidine groups is 1. The number of hydrogen-bond donors (Lipinski definition) is 3. The van der Waals surface area contributed by atoms with E-state index in [4.69, 9.17) is 5.73 Å². The van der Waals surface area contributed by atoms with Gasteiger partial charge in [0.15, 0.2) is 5.96 Å². The van der Waals surface area contributed by atoms with Crippen LogP contribution in [0.15, 0.2) is 59.6 Å². The molecular formula is C17H18N4. The molecule has 0 aliphatic rings. The van der Waals surface area contributed by atoms with E-state index < -0.39 is 0 Å². The van der Waals surface area contributed by atoms with E-state index >= 15 is 0 Å². The molecule has 2 aromatic carbocycles. The third-order valence-corrected chi connectivity index (χ3v) is 3.33. The van der Waals surface area contributed by atoms with E-state index in [1.54, 1.807) is 0 Å². The number of para-hydroxylation sites is 1. The maximum atomic E-state index is 5.91. The highest BCUT2D eigenvalue weighted by Crippen LogP contribution is 2.15. The SMILES string of the molecule is Cc1ccc(NC(N)=NCc2cc3ccccc3[nH]2)cc1. The first-order valence-electron chi connectivity index (χ1n) is 6.91. The van der Waals surface area contributed by atoms with Gasteiger partial charge in [0.25, 0.3) is 0 Å². The number of anilines is 1. The van der Waals surface area contributed by atoms with Crippen LogP contribution in [0.25, 0.3) is 10.9 Å². The Kier molecular flexibility index (Phi) is 3.60. The summed E-state index contributed by atoms with van der Waals surface area (Å²) in [6, 6.07) is 18.3. The van der Waals surface area contributed by atoms with Gasteiger partial charge in [0.1, 0.15) is 0 Å². The molecule has 1 aromatic heterocycles. The summed E-state index contributed by atoms with van der Waals surface area (Å²) in [4.78, 5) is 7.69. The van der Waals surface area contributed by atoms with Crippen molar-refractivity contribution < 1.29 is 0 Å². The lowest BCUT2D eigenvalue weighted by Gasteiger charge is -2.05. The summed E-state index contributed by atoms with van der Waals surface area (Å²) in [6.07, 6.45) is 0. The molecule has 3 rings (SSSR count).